The Hall–Kier alpha value is -1.71. The van der Waals surface area contributed by atoms with Crippen LogP contribution in [0.5, 0.6) is 0 Å². The number of β-lactam (4-membered cyclic amide) rings is 1. The third kappa shape index (κ3) is 1.63. The van der Waals surface area contributed by atoms with Crippen LogP contribution in [0.25, 0.3) is 0 Å². The molecule has 3 nitrogen and oxygen atoms in total. The molecule has 0 aromatic rings. The van der Waals surface area contributed by atoms with Gasteiger partial charge in [-0.25, -0.2) is 0 Å². The lowest BCUT2D eigenvalue weighted by Crippen LogP contribution is -2.63. The third-order valence-corrected chi connectivity index (χ3v) is 2.75. The molecule has 0 spiro atoms. The summed E-state index contributed by atoms with van der Waals surface area (Å²) >= 11 is 0. The molecule has 0 bridgehead atoms. The summed E-state index contributed by atoms with van der Waals surface area (Å²) in [5, 5.41) is 9.76. The van der Waals surface area contributed by atoms with Gasteiger partial charge in [0.25, 0.3) is 0 Å². The molecule has 3 atom stereocenters. The fourth-order valence-corrected chi connectivity index (χ4v) is 1.91. The highest BCUT2D eigenvalue weighted by Gasteiger charge is 2.47. The molecule has 3 heteroatoms. The van der Waals surface area contributed by atoms with Gasteiger partial charge in [0.2, 0.25) is 5.91 Å². The Labute approximate surface area is 88.8 Å². The molecule has 1 aliphatic carbocycles. The predicted octanol–water partition coefficient (Wildman–Crippen LogP) is -0.229. The van der Waals surface area contributed by atoms with Gasteiger partial charge in [-0.3, -0.25) is 4.79 Å². The largest absolute Gasteiger partial charge is 0.378 e. The number of amides is 1. The van der Waals surface area contributed by atoms with E-state index in [-0.39, 0.29) is 17.9 Å². The van der Waals surface area contributed by atoms with Crippen LogP contribution in [0.15, 0.2) is 12.2 Å². The number of carbonyl (C=O) groups is 1. The van der Waals surface area contributed by atoms with E-state index in [4.69, 9.17) is 0 Å². The molecule has 15 heavy (non-hydrogen) atoms. The highest BCUT2D eigenvalue weighted by molar-refractivity contribution is 5.86. The topological polar surface area (TPSA) is 40.5 Å². The molecule has 1 amide bonds. The van der Waals surface area contributed by atoms with Crippen LogP contribution in [0, 0.1) is 29.6 Å². The molecule has 1 fully saturated rings. The average molecular weight is 201 g/mol. The van der Waals surface area contributed by atoms with Gasteiger partial charge in [-0.1, -0.05) is 23.7 Å². The molecule has 2 rings (SSSR count). The minimum atomic E-state index is -0.776. The van der Waals surface area contributed by atoms with E-state index >= 15 is 0 Å². The van der Waals surface area contributed by atoms with Crippen molar-refractivity contribution in [2.24, 2.45) is 5.92 Å². The molecule has 0 saturated carbocycles. The van der Waals surface area contributed by atoms with Gasteiger partial charge in [-0.15, -0.1) is 0 Å². The zero-order valence-electron chi connectivity index (χ0n) is 8.40. The first kappa shape index (κ1) is 9.83. The van der Waals surface area contributed by atoms with Crippen LogP contribution in [0.3, 0.4) is 0 Å². The molecule has 76 valence electrons. The minimum Gasteiger partial charge on any atom is -0.378 e. The summed E-state index contributed by atoms with van der Waals surface area (Å²) in [5.74, 6) is 10.9. The number of aliphatic hydroxyl groups excluding tert-OH is 1. The maximum absolute atomic E-state index is 11.5. The maximum atomic E-state index is 11.5. The van der Waals surface area contributed by atoms with E-state index in [1.807, 2.05) is 0 Å². The smallest absolute Gasteiger partial charge is 0.229 e. The molecule has 0 aromatic heterocycles. The molecule has 0 aromatic carbocycles. The van der Waals surface area contributed by atoms with Gasteiger partial charge in [0.05, 0.1) is 12.0 Å². The van der Waals surface area contributed by atoms with Crippen molar-refractivity contribution >= 4 is 5.91 Å². The number of aliphatic hydroxyl groups is 1. The number of likely N-dealkylation sites (tertiary alicyclic amines) is 1. The summed E-state index contributed by atoms with van der Waals surface area (Å²) in [7, 11) is 1.68. The van der Waals surface area contributed by atoms with Crippen LogP contribution in [0.4, 0.5) is 0 Å². The summed E-state index contributed by atoms with van der Waals surface area (Å²) < 4.78 is 0. The van der Waals surface area contributed by atoms with Crippen LogP contribution in [0.2, 0.25) is 0 Å². The Balaban J connectivity index is 2.26. The number of carbonyl (C=O) groups excluding carboxylic acids is 1. The van der Waals surface area contributed by atoms with Gasteiger partial charge in [-0.05, 0) is 12.2 Å². The lowest BCUT2D eigenvalue weighted by atomic mass is 9.82. The molecule has 1 unspecified atom stereocenters. The minimum absolute atomic E-state index is 0.0414. The zero-order chi connectivity index (χ0) is 10.8. The van der Waals surface area contributed by atoms with Gasteiger partial charge in [0.1, 0.15) is 6.10 Å². The number of likely N-dealkylation sites (N-methyl/N-ethyl adjacent to an activating group) is 1. The molecule has 1 saturated heterocycles. The van der Waals surface area contributed by atoms with E-state index in [1.165, 1.54) is 4.90 Å². The average Bonchev–Trinajstić information content (AvgIpc) is 2.25. The Kier molecular flexibility index (Phi) is 2.49. The fraction of sp³-hybridized carbons (Fsp3) is 0.417. The quantitative estimate of drug-likeness (QED) is 0.434. The summed E-state index contributed by atoms with van der Waals surface area (Å²) in [6.45, 7) is 0. The third-order valence-electron chi connectivity index (χ3n) is 2.75. The second-order valence-corrected chi connectivity index (χ2v) is 3.64. The number of nitrogens with zero attached hydrogens (tertiary/aromatic N) is 1. The van der Waals surface area contributed by atoms with Gasteiger partial charge < -0.3 is 10.0 Å². The molecular weight excluding hydrogens is 190 g/mol. The zero-order valence-corrected chi connectivity index (χ0v) is 8.40. The van der Waals surface area contributed by atoms with Crippen molar-refractivity contribution in [3.05, 3.63) is 12.2 Å². The van der Waals surface area contributed by atoms with E-state index in [0.29, 0.717) is 6.42 Å². The monoisotopic (exact) mass is 201 g/mol. The van der Waals surface area contributed by atoms with Crippen LogP contribution in [-0.2, 0) is 4.79 Å². The highest BCUT2D eigenvalue weighted by atomic mass is 16.3. The lowest BCUT2D eigenvalue weighted by Gasteiger charge is -2.45. The first-order valence-electron chi connectivity index (χ1n) is 4.81. The van der Waals surface area contributed by atoms with Gasteiger partial charge >= 0.3 is 0 Å². The van der Waals surface area contributed by atoms with E-state index in [0.717, 1.165) is 0 Å². The van der Waals surface area contributed by atoms with Gasteiger partial charge in [-0.2, -0.15) is 0 Å². The van der Waals surface area contributed by atoms with Crippen molar-refractivity contribution in [2.75, 3.05) is 7.05 Å². The summed E-state index contributed by atoms with van der Waals surface area (Å²) in [6.07, 6.45) is 2.96. The van der Waals surface area contributed by atoms with E-state index in [2.05, 4.69) is 23.7 Å². The molecule has 1 N–H and O–H groups in total. The molecule has 0 radical (unpaired) electrons. The van der Waals surface area contributed by atoms with E-state index in [9.17, 15) is 9.90 Å². The Morgan fingerprint density at radius 1 is 1.47 bits per heavy atom. The number of fused-ring (bicyclic) bond motifs is 1. The van der Waals surface area contributed by atoms with Crippen molar-refractivity contribution in [2.45, 2.75) is 18.6 Å². The van der Waals surface area contributed by atoms with Crippen molar-refractivity contribution in [3.63, 3.8) is 0 Å². The van der Waals surface area contributed by atoms with E-state index < -0.39 is 6.10 Å². The number of rotatable bonds is 0. The van der Waals surface area contributed by atoms with Crippen LogP contribution in [0.1, 0.15) is 6.42 Å². The number of hydrogen-bond donors (Lipinski definition) is 1. The first-order valence-corrected chi connectivity index (χ1v) is 4.81. The molecule has 1 heterocycles. The Bertz CT molecular complexity index is 430. The summed E-state index contributed by atoms with van der Waals surface area (Å²) in [6, 6.07) is -0.203. The first-order chi connectivity index (χ1) is 7.22. The predicted molar refractivity (Wildman–Crippen MR) is 55.4 cm³/mol. The Morgan fingerprint density at radius 2 is 2.20 bits per heavy atom. The Morgan fingerprint density at radius 3 is 3.00 bits per heavy atom. The SMILES string of the molecule is CN1C(=O)[C@H]2CC#C/C=C\C#CC(O)[C@@H]21. The number of hydrogen-bond acceptors (Lipinski definition) is 2. The standard InChI is InChI=1S/C12H11NO2/c1-13-11-9(12(13)15)7-5-3-2-4-6-8-10(11)14/h2,4,9-11,14H,7H2,1H3/b4-2-/t9-,10?,11+/m0/s1. The lowest BCUT2D eigenvalue weighted by molar-refractivity contribution is -0.158. The van der Waals surface area contributed by atoms with Crippen LogP contribution in [-0.4, -0.2) is 35.1 Å². The van der Waals surface area contributed by atoms with E-state index in [1.54, 1.807) is 19.2 Å². The second kappa shape index (κ2) is 3.81. The van der Waals surface area contributed by atoms with Crippen molar-refractivity contribution in [3.8, 4) is 23.7 Å². The molecule has 2 aliphatic rings. The summed E-state index contributed by atoms with van der Waals surface area (Å²) in [4.78, 5) is 13.0. The molecule has 1 aliphatic heterocycles. The van der Waals surface area contributed by atoms with Gasteiger partial charge in [0.15, 0.2) is 0 Å². The normalized spacial score (nSPS) is 34.9. The van der Waals surface area contributed by atoms with Crippen LogP contribution < -0.4 is 0 Å². The molecular formula is C12H11NO2. The van der Waals surface area contributed by atoms with Gasteiger partial charge in [0, 0.05) is 13.5 Å². The summed E-state index contributed by atoms with van der Waals surface area (Å²) in [5.41, 5.74) is 0. The van der Waals surface area contributed by atoms with Crippen LogP contribution >= 0.6 is 0 Å². The highest BCUT2D eigenvalue weighted by Crippen LogP contribution is 2.29. The number of allylic oxidation sites excluding steroid dienone is 2. The van der Waals surface area contributed by atoms with Crippen molar-refractivity contribution < 1.29 is 9.90 Å². The maximum Gasteiger partial charge on any atom is 0.229 e. The second-order valence-electron chi connectivity index (χ2n) is 3.64. The van der Waals surface area contributed by atoms with Crippen molar-refractivity contribution in [1.29, 1.82) is 0 Å². The van der Waals surface area contributed by atoms with Crippen molar-refractivity contribution in [1.82, 2.24) is 4.90 Å². The fourth-order valence-electron chi connectivity index (χ4n) is 1.91.